The third kappa shape index (κ3) is 4.52. The smallest absolute Gasteiger partial charge is 0.187 e. The van der Waals surface area contributed by atoms with Crippen LogP contribution >= 0.6 is 12.2 Å². The van der Waals surface area contributed by atoms with Crippen LogP contribution in [0.25, 0.3) is 0 Å². The molecule has 1 aliphatic rings. The minimum atomic E-state index is -0.651. The Bertz CT molecular complexity index is 499. The Balaban J connectivity index is 1.81. The fraction of sp³-hybridized carbons (Fsp3) is 0.429. The van der Waals surface area contributed by atoms with Crippen molar-refractivity contribution in [3.05, 3.63) is 35.4 Å². The normalized spacial score (nSPS) is 16.3. The van der Waals surface area contributed by atoms with E-state index in [0.29, 0.717) is 11.2 Å². The number of hydrogen-bond acceptors (Lipinski definition) is 2. The first-order valence-corrected chi connectivity index (χ1v) is 7.10. The van der Waals surface area contributed by atoms with Gasteiger partial charge in [-0.05, 0) is 37.2 Å². The molecule has 2 rings (SSSR count). The van der Waals surface area contributed by atoms with E-state index >= 15 is 0 Å². The van der Waals surface area contributed by atoms with Crippen LogP contribution in [0.2, 0.25) is 0 Å². The molecule has 0 unspecified atom stereocenters. The topological polar surface area (TPSA) is 36.4 Å². The molecule has 1 aliphatic carbocycles. The Kier molecular flexibility index (Phi) is 5.40. The van der Waals surface area contributed by atoms with Crippen molar-refractivity contribution < 1.29 is 8.78 Å². The summed E-state index contributed by atoms with van der Waals surface area (Å²) in [5.74, 6) is -1.26. The van der Waals surface area contributed by atoms with E-state index < -0.39 is 11.6 Å². The van der Waals surface area contributed by atoms with Gasteiger partial charge < -0.3 is 5.32 Å². The minimum absolute atomic E-state index is 0.208. The van der Waals surface area contributed by atoms with Crippen molar-refractivity contribution in [2.75, 3.05) is 0 Å². The van der Waals surface area contributed by atoms with Crippen LogP contribution in [0.3, 0.4) is 0 Å². The zero-order chi connectivity index (χ0) is 14.4. The zero-order valence-corrected chi connectivity index (χ0v) is 11.9. The number of thiocarbonyl (C=S) groups is 1. The summed E-state index contributed by atoms with van der Waals surface area (Å²) in [6, 6.07) is 3.72. The fourth-order valence-electron chi connectivity index (χ4n) is 2.23. The summed E-state index contributed by atoms with van der Waals surface area (Å²) in [4.78, 5) is 0. The molecule has 0 amide bonds. The number of halogens is 2. The van der Waals surface area contributed by atoms with Gasteiger partial charge in [-0.25, -0.2) is 8.78 Å². The molecule has 1 saturated carbocycles. The van der Waals surface area contributed by atoms with E-state index in [1.54, 1.807) is 0 Å². The summed E-state index contributed by atoms with van der Waals surface area (Å²) in [5, 5.41) is 7.46. The highest BCUT2D eigenvalue weighted by molar-refractivity contribution is 7.80. The molecule has 0 aromatic heterocycles. The van der Waals surface area contributed by atoms with Gasteiger partial charge in [0, 0.05) is 17.7 Å². The summed E-state index contributed by atoms with van der Waals surface area (Å²) in [5.41, 5.74) is 2.86. The number of nitrogens with one attached hydrogen (secondary N) is 2. The molecule has 0 spiro atoms. The lowest BCUT2D eigenvalue weighted by Gasteiger charge is -2.23. The lowest BCUT2D eigenvalue weighted by molar-refractivity contribution is 0.412. The van der Waals surface area contributed by atoms with Gasteiger partial charge in [-0.3, -0.25) is 5.43 Å². The van der Waals surface area contributed by atoms with Gasteiger partial charge >= 0.3 is 0 Å². The minimum Gasteiger partial charge on any atom is -0.359 e. The van der Waals surface area contributed by atoms with Gasteiger partial charge in [0.2, 0.25) is 0 Å². The van der Waals surface area contributed by atoms with E-state index in [2.05, 4.69) is 15.8 Å². The highest BCUT2D eigenvalue weighted by Crippen LogP contribution is 2.17. The molecule has 0 saturated heterocycles. The maximum Gasteiger partial charge on any atom is 0.187 e. The van der Waals surface area contributed by atoms with E-state index in [9.17, 15) is 8.78 Å². The van der Waals surface area contributed by atoms with Crippen molar-refractivity contribution in [3.63, 3.8) is 0 Å². The zero-order valence-electron chi connectivity index (χ0n) is 11.0. The van der Waals surface area contributed by atoms with E-state index in [1.165, 1.54) is 37.6 Å². The maximum absolute atomic E-state index is 13.3. The summed E-state index contributed by atoms with van der Waals surface area (Å²) >= 11 is 5.11. The molecule has 0 aliphatic heterocycles. The Morgan fingerprint density at radius 2 is 2.00 bits per heavy atom. The Labute approximate surface area is 122 Å². The molecule has 1 fully saturated rings. The molecule has 0 radical (unpaired) electrons. The SMILES string of the molecule is Fc1ccc(C=NNC(=S)NC2CCCCC2)c(F)c1. The number of nitrogens with zero attached hydrogens (tertiary/aromatic N) is 1. The Morgan fingerprint density at radius 3 is 2.70 bits per heavy atom. The van der Waals surface area contributed by atoms with Crippen molar-refractivity contribution in [1.82, 2.24) is 10.7 Å². The molecule has 2 N–H and O–H groups in total. The summed E-state index contributed by atoms with van der Waals surface area (Å²) in [6.07, 6.45) is 7.20. The first-order valence-electron chi connectivity index (χ1n) is 6.70. The van der Waals surface area contributed by atoms with Crippen LogP contribution in [-0.4, -0.2) is 17.4 Å². The van der Waals surface area contributed by atoms with Crippen molar-refractivity contribution >= 4 is 23.5 Å². The van der Waals surface area contributed by atoms with E-state index in [4.69, 9.17) is 12.2 Å². The quantitative estimate of drug-likeness (QED) is 0.511. The van der Waals surface area contributed by atoms with Crippen LogP contribution < -0.4 is 10.7 Å². The second kappa shape index (κ2) is 7.28. The van der Waals surface area contributed by atoms with Crippen LogP contribution in [0.15, 0.2) is 23.3 Å². The van der Waals surface area contributed by atoms with Crippen LogP contribution in [0.4, 0.5) is 8.78 Å². The molecule has 3 nitrogen and oxygen atoms in total. The van der Waals surface area contributed by atoms with Crippen molar-refractivity contribution in [2.45, 2.75) is 38.1 Å². The predicted octanol–water partition coefficient (Wildman–Crippen LogP) is 3.10. The van der Waals surface area contributed by atoms with Crippen LogP contribution in [0.5, 0.6) is 0 Å². The van der Waals surface area contributed by atoms with Crippen molar-refractivity contribution in [3.8, 4) is 0 Å². The van der Waals surface area contributed by atoms with Gasteiger partial charge in [-0.1, -0.05) is 19.3 Å². The molecular formula is C14H17F2N3S. The van der Waals surface area contributed by atoms with Gasteiger partial charge in [0.1, 0.15) is 11.6 Å². The molecule has 1 aromatic rings. The second-order valence-corrected chi connectivity index (χ2v) is 5.25. The Morgan fingerprint density at radius 1 is 1.25 bits per heavy atom. The molecule has 1 aromatic carbocycles. The van der Waals surface area contributed by atoms with E-state index in [-0.39, 0.29) is 5.56 Å². The van der Waals surface area contributed by atoms with Crippen LogP contribution in [0.1, 0.15) is 37.7 Å². The number of rotatable bonds is 3. The molecule has 0 bridgehead atoms. The average molecular weight is 297 g/mol. The van der Waals surface area contributed by atoms with E-state index in [1.807, 2.05) is 0 Å². The number of hydrazone groups is 1. The molecular weight excluding hydrogens is 280 g/mol. The Hall–Kier alpha value is -1.56. The standard InChI is InChI=1S/C14H17F2N3S/c15-11-7-6-10(13(16)8-11)9-17-19-14(20)18-12-4-2-1-3-5-12/h6-9,12H,1-5H2,(H2,18,19,20). The third-order valence-electron chi connectivity index (χ3n) is 3.27. The highest BCUT2D eigenvalue weighted by Gasteiger charge is 2.13. The maximum atomic E-state index is 13.3. The van der Waals surface area contributed by atoms with Crippen molar-refractivity contribution in [2.24, 2.45) is 5.10 Å². The first-order chi connectivity index (χ1) is 9.65. The second-order valence-electron chi connectivity index (χ2n) is 4.84. The molecule has 0 atom stereocenters. The summed E-state index contributed by atoms with van der Waals surface area (Å²) in [7, 11) is 0. The average Bonchev–Trinajstić information content (AvgIpc) is 2.42. The van der Waals surface area contributed by atoms with Crippen LogP contribution in [-0.2, 0) is 0 Å². The third-order valence-corrected chi connectivity index (χ3v) is 3.48. The number of benzene rings is 1. The molecule has 6 heteroatoms. The summed E-state index contributed by atoms with van der Waals surface area (Å²) in [6.45, 7) is 0. The van der Waals surface area contributed by atoms with Crippen LogP contribution in [0, 0.1) is 11.6 Å². The molecule has 108 valence electrons. The highest BCUT2D eigenvalue weighted by atomic mass is 32.1. The van der Waals surface area contributed by atoms with Gasteiger partial charge in [-0.2, -0.15) is 5.10 Å². The lowest BCUT2D eigenvalue weighted by Crippen LogP contribution is -2.40. The van der Waals surface area contributed by atoms with Gasteiger partial charge in [0.25, 0.3) is 0 Å². The molecule has 20 heavy (non-hydrogen) atoms. The molecule has 0 heterocycles. The monoisotopic (exact) mass is 297 g/mol. The van der Waals surface area contributed by atoms with Gasteiger partial charge in [0.05, 0.1) is 6.21 Å². The predicted molar refractivity (Wildman–Crippen MR) is 79.7 cm³/mol. The number of hydrogen-bond donors (Lipinski definition) is 2. The largest absolute Gasteiger partial charge is 0.359 e. The van der Waals surface area contributed by atoms with E-state index in [0.717, 1.165) is 18.9 Å². The fourth-order valence-corrected chi connectivity index (χ4v) is 2.45. The van der Waals surface area contributed by atoms with Gasteiger partial charge in [0.15, 0.2) is 5.11 Å². The van der Waals surface area contributed by atoms with Crippen molar-refractivity contribution in [1.29, 1.82) is 0 Å². The summed E-state index contributed by atoms with van der Waals surface area (Å²) < 4.78 is 26.1. The van der Waals surface area contributed by atoms with Gasteiger partial charge in [-0.15, -0.1) is 0 Å². The first kappa shape index (κ1) is 14.8. The lowest BCUT2D eigenvalue weighted by atomic mass is 9.96.